The fourth-order valence-corrected chi connectivity index (χ4v) is 5.92. The minimum atomic E-state index is -0.877. The fourth-order valence-electron chi connectivity index (χ4n) is 5.92. The summed E-state index contributed by atoms with van der Waals surface area (Å²) in [5.74, 6) is -1.25. The summed E-state index contributed by atoms with van der Waals surface area (Å²) >= 11 is 0. The van der Waals surface area contributed by atoms with E-state index in [0.29, 0.717) is 24.2 Å². The molecule has 1 amide bonds. The summed E-state index contributed by atoms with van der Waals surface area (Å²) in [6.45, 7) is 3.86. The van der Waals surface area contributed by atoms with E-state index in [1.54, 1.807) is 6.20 Å². The highest BCUT2D eigenvalue weighted by molar-refractivity contribution is 5.94. The van der Waals surface area contributed by atoms with E-state index in [1.165, 1.54) is 11.1 Å². The smallest absolute Gasteiger partial charge is 0.304 e. The number of aryl methyl sites for hydroxylation is 2. The Morgan fingerprint density at radius 1 is 1.05 bits per heavy atom. The van der Waals surface area contributed by atoms with Gasteiger partial charge in [0.1, 0.15) is 5.52 Å². The third kappa shape index (κ3) is 5.13. The van der Waals surface area contributed by atoms with Crippen molar-refractivity contribution >= 4 is 23.0 Å². The van der Waals surface area contributed by atoms with E-state index < -0.39 is 11.9 Å². The molecule has 40 heavy (non-hydrogen) atoms. The molecule has 0 spiro atoms. The van der Waals surface area contributed by atoms with Crippen molar-refractivity contribution in [2.75, 3.05) is 6.54 Å². The number of aliphatic carboxylic acids is 1. The molecule has 0 radical (unpaired) electrons. The van der Waals surface area contributed by atoms with Gasteiger partial charge in [0.2, 0.25) is 0 Å². The van der Waals surface area contributed by atoms with E-state index in [-0.39, 0.29) is 12.3 Å². The number of carbonyl (C=O) groups is 2. The van der Waals surface area contributed by atoms with Crippen LogP contribution in [0.1, 0.15) is 75.3 Å². The number of allylic oxidation sites excluding steroid dienone is 2. The molecular formula is C32H33N5O3. The van der Waals surface area contributed by atoms with Gasteiger partial charge >= 0.3 is 5.97 Å². The van der Waals surface area contributed by atoms with Crippen LogP contribution < -0.4 is 0 Å². The van der Waals surface area contributed by atoms with Gasteiger partial charge < -0.3 is 10.0 Å². The zero-order valence-corrected chi connectivity index (χ0v) is 22.7. The molecule has 5 aliphatic rings. The number of carboxylic acid groups (broad SMARTS) is 1. The first-order valence-corrected chi connectivity index (χ1v) is 14.0. The summed E-state index contributed by atoms with van der Waals surface area (Å²) in [5.41, 5.74) is 8.22. The zero-order valence-electron chi connectivity index (χ0n) is 22.7. The molecule has 9 bridgehead atoms. The summed E-state index contributed by atoms with van der Waals surface area (Å²) in [4.78, 5) is 32.0. The number of aromatic nitrogens is 4. The molecule has 9 rings (SSSR count). The van der Waals surface area contributed by atoms with Gasteiger partial charge in [-0.1, -0.05) is 47.7 Å². The number of amides is 1. The predicted octanol–water partition coefficient (Wildman–Crippen LogP) is 5.22. The van der Waals surface area contributed by atoms with Crippen LogP contribution in [0, 0.1) is 6.92 Å². The Morgan fingerprint density at radius 3 is 2.73 bits per heavy atom. The molecule has 2 aromatic carbocycles. The van der Waals surface area contributed by atoms with Crippen LogP contribution in [0.4, 0.5) is 0 Å². The number of hydrogen-bond acceptors (Lipinski definition) is 5. The van der Waals surface area contributed by atoms with E-state index in [0.717, 1.165) is 66.5 Å². The van der Waals surface area contributed by atoms with Crippen LogP contribution in [0.3, 0.4) is 0 Å². The van der Waals surface area contributed by atoms with Gasteiger partial charge in [-0.05, 0) is 84.5 Å². The standard InChI is InChI=1S/C32H33N5O3/c1-21-28-19-33-31-30(21)34-35-37(31)15-6-4-2-3-5-7-22-8-10-24(11-9-22)32(40)36-16-14-23-12-13-25(17-26(23)20-36)27(28)18-29(38)39/h3,5,8-13,17,19,27H,2,4,6-7,14-16,18,20H2,1H3,(H,38,39)/b5-3+/t27-/m1/s1. The minimum absolute atomic E-state index is 0.0206. The van der Waals surface area contributed by atoms with E-state index in [2.05, 4.69) is 34.6 Å². The maximum Gasteiger partial charge on any atom is 0.304 e. The van der Waals surface area contributed by atoms with E-state index in [9.17, 15) is 14.7 Å². The molecule has 2 aromatic heterocycles. The Kier molecular flexibility index (Phi) is 7.15. The second-order valence-corrected chi connectivity index (χ2v) is 10.8. The molecule has 204 valence electrons. The van der Waals surface area contributed by atoms with Crippen LogP contribution >= 0.6 is 0 Å². The Bertz CT molecular complexity index is 1610. The largest absolute Gasteiger partial charge is 0.481 e. The molecule has 1 atom stereocenters. The molecule has 0 aliphatic carbocycles. The predicted molar refractivity (Wildman–Crippen MR) is 152 cm³/mol. The quantitative estimate of drug-likeness (QED) is 0.353. The number of rotatable bonds is 2. The van der Waals surface area contributed by atoms with Gasteiger partial charge in [0, 0.05) is 37.3 Å². The lowest BCUT2D eigenvalue weighted by Gasteiger charge is -2.30. The summed E-state index contributed by atoms with van der Waals surface area (Å²) in [5, 5.41) is 18.7. The maximum atomic E-state index is 13.4. The molecule has 0 saturated carbocycles. The number of pyridine rings is 1. The van der Waals surface area contributed by atoms with Gasteiger partial charge in [-0.15, -0.1) is 5.10 Å². The highest BCUT2D eigenvalue weighted by Crippen LogP contribution is 2.34. The molecule has 7 heterocycles. The van der Waals surface area contributed by atoms with Crippen molar-refractivity contribution in [3.05, 3.63) is 99.8 Å². The van der Waals surface area contributed by atoms with Crippen molar-refractivity contribution in [2.24, 2.45) is 0 Å². The third-order valence-corrected chi connectivity index (χ3v) is 8.22. The topological polar surface area (TPSA) is 101 Å². The van der Waals surface area contributed by atoms with Crippen molar-refractivity contribution in [1.82, 2.24) is 24.9 Å². The van der Waals surface area contributed by atoms with Crippen molar-refractivity contribution < 1.29 is 14.7 Å². The molecule has 0 saturated heterocycles. The van der Waals surface area contributed by atoms with Crippen molar-refractivity contribution in [1.29, 1.82) is 0 Å². The molecule has 8 heteroatoms. The highest BCUT2D eigenvalue weighted by Gasteiger charge is 2.26. The van der Waals surface area contributed by atoms with Crippen molar-refractivity contribution in [3.63, 3.8) is 0 Å². The van der Waals surface area contributed by atoms with Gasteiger partial charge in [0.15, 0.2) is 5.65 Å². The number of carbonyl (C=O) groups excluding carboxylic acids is 1. The van der Waals surface area contributed by atoms with E-state index in [1.807, 2.05) is 46.8 Å². The molecule has 8 nitrogen and oxygen atoms in total. The monoisotopic (exact) mass is 535 g/mol. The zero-order chi connectivity index (χ0) is 27.6. The van der Waals surface area contributed by atoms with Crippen LogP contribution in [-0.4, -0.2) is 48.4 Å². The molecule has 0 unspecified atom stereocenters. The lowest BCUT2D eigenvalue weighted by Crippen LogP contribution is -2.36. The van der Waals surface area contributed by atoms with Gasteiger partial charge in [-0.3, -0.25) is 9.59 Å². The van der Waals surface area contributed by atoms with Crippen molar-refractivity contribution in [3.8, 4) is 0 Å². The Morgan fingerprint density at radius 2 is 1.90 bits per heavy atom. The molecule has 5 aliphatic heterocycles. The maximum absolute atomic E-state index is 13.4. The Balaban J connectivity index is 1.41. The number of benzene rings is 2. The number of carboxylic acids is 1. The normalized spacial score (nSPS) is 18.6. The minimum Gasteiger partial charge on any atom is -0.481 e. The average Bonchev–Trinajstić information content (AvgIpc) is 3.38. The first-order chi connectivity index (χ1) is 19.5. The first-order valence-electron chi connectivity index (χ1n) is 14.0. The van der Waals surface area contributed by atoms with Gasteiger partial charge in [-0.25, -0.2) is 9.67 Å². The summed E-state index contributed by atoms with van der Waals surface area (Å²) < 4.78 is 1.85. The second kappa shape index (κ2) is 11.0. The number of nitrogens with zero attached hydrogens (tertiary/aromatic N) is 5. The van der Waals surface area contributed by atoms with Crippen LogP contribution in [0.15, 0.2) is 60.8 Å². The van der Waals surface area contributed by atoms with Crippen LogP contribution in [0.5, 0.6) is 0 Å². The van der Waals surface area contributed by atoms with Crippen LogP contribution in [0.2, 0.25) is 0 Å². The summed E-state index contributed by atoms with van der Waals surface area (Å²) in [6.07, 6.45) is 10.7. The lowest BCUT2D eigenvalue weighted by molar-refractivity contribution is -0.137. The highest BCUT2D eigenvalue weighted by atomic mass is 16.4. The number of hydrogen-bond donors (Lipinski definition) is 1. The molecular weight excluding hydrogens is 502 g/mol. The molecule has 1 N–H and O–H groups in total. The van der Waals surface area contributed by atoms with Crippen LogP contribution in [-0.2, 0) is 30.7 Å². The average molecular weight is 536 g/mol. The summed E-state index contributed by atoms with van der Waals surface area (Å²) in [7, 11) is 0. The van der Waals surface area contributed by atoms with Crippen molar-refractivity contribution in [2.45, 2.75) is 64.5 Å². The fraction of sp³-hybridized carbons (Fsp3) is 0.344. The third-order valence-electron chi connectivity index (χ3n) is 8.22. The first kappa shape index (κ1) is 25.9. The SMILES string of the molecule is Cc1c2cnc3c1nnn3CCCC/C=C/Cc1ccc(cc1)C(=O)N1CCc3ccc(cc3C1)[C@H]2CC(=O)O. The Hall–Kier alpha value is -4.33. The second-order valence-electron chi connectivity index (χ2n) is 10.8. The summed E-state index contributed by atoms with van der Waals surface area (Å²) in [6, 6.07) is 14.1. The lowest BCUT2D eigenvalue weighted by atomic mass is 9.84. The van der Waals surface area contributed by atoms with Gasteiger partial charge in [0.25, 0.3) is 5.91 Å². The Labute approximate surface area is 233 Å². The van der Waals surface area contributed by atoms with E-state index in [4.69, 9.17) is 4.98 Å². The molecule has 0 fully saturated rings. The van der Waals surface area contributed by atoms with Gasteiger partial charge in [-0.2, -0.15) is 0 Å². The molecule has 4 aromatic rings. The van der Waals surface area contributed by atoms with Crippen LogP contribution in [0.25, 0.3) is 11.2 Å². The van der Waals surface area contributed by atoms with Gasteiger partial charge in [0.05, 0.1) is 6.42 Å². The van der Waals surface area contributed by atoms with E-state index >= 15 is 0 Å².